The molecule has 0 aliphatic carbocycles. The minimum atomic E-state index is -0.186. The molecule has 27 heavy (non-hydrogen) atoms. The van der Waals surface area contributed by atoms with Crippen LogP contribution in [0.2, 0.25) is 0 Å². The van der Waals surface area contributed by atoms with Gasteiger partial charge < -0.3 is 20.1 Å². The highest BCUT2D eigenvalue weighted by Gasteiger charge is 2.38. The molecule has 2 heterocycles. The van der Waals surface area contributed by atoms with Gasteiger partial charge in [0.15, 0.2) is 0 Å². The summed E-state index contributed by atoms with van der Waals surface area (Å²) in [7, 11) is 1.61. The number of urea groups is 1. The molecule has 6 nitrogen and oxygen atoms in total. The van der Waals surface area contributed by atoms with Crippen molar-refractivity contribution in [1.82, 2.24) is 10.2 Å². The van der Waals surface area contributed by atoms with Gasteiger partial charge in [-0.05, 0) is 24.1 Å². The van der Waals surface area contributed by atoms with Crippen LogP contribution in [0.1, 0.15) is 18.1 Å². The summed E-state index contributed by atoms with van der Waals surface area (Å²) < 4.78 is 11.3. The second-order valence-corrected chi connectivity index (χ2v) is 7.10. The van der Waals surface area contributed by atoms with E-state index in [1.54, 1.807) is 13.2 Å². The number of hydrogen-bond donors (Lipinski definition) is 2. The summed E-state index contributed by atoms with van der Waals surface area (Å²) in [5.74, 6) is 0.717. The number of fused-ring (bicyclic) bond motifs is 1. The molecule has 2 aliphatic rings. The van der Waals surface area contributed by atoms with Gasteiger partial charge in [-0.3, -0.25) is 4.90 Å². The van der Waals surface area contributed by atoms with Crippen LogP contribution in [0.5, 0.6) is 5.75 Å². The number of morpholine rings is 1. The van der Waals surface area contributed by atoms with Crippen LogP contribution in [-0.2, 0) is 4.74 Å². The summed E-state index contributed by atoms with van der Waals surface area (Å²) >= 11 is 0. The zero-order valence-corrected chi connectivity index (χ0v) is 15.4. The maximum absolute atomic E-state index is 12.3. The summed E-state index contributed by atoms with van der Waals surface area (Å²) in [5, 5.41) is 5.97. The Kier molecular flexibility index (Phi) is 5.27. The van der Waals surface area contributed by atoms with Crippen molar-refractivity contribution in [1.29, 1.82) is 0 Å². The molecule has 6 heteroatoms. The molecule has 0 unspecified atom stereocenters. The molecule has 142 valence electrons. The topological polar surface area (TPSA) is 62.8 Å². The monoisotopic (exact) mass is 367 g/mol. The van der Waals surface area contributed by atoms with Gasteiger partial charge >= 0.3 is 6.03 Å². The molecular weight excluding hydrogens is 342 g/mol. The highest BCUT2D eigenvalue weighted by Crippen LogP contribution is 2.30. The van der Waals surface area contributed by atoms with Gasteiger partial charge in [0.05, 0.1) is 19.8 Å². The van der Waals surface area contributed by atoms with Crippen LogP contribution in [0.3, 0.4) is 0 Å². The number of nitrogens with one attached hydrogen (secondary N) is 2. The van der Waals surface area contributed by atoms with E-state index in [0.717, 1.165) is 30.9 Å². The van der Waals surface area contributed by atoms with Crippen LogP contribution >= 0.6 is 0 Å². The lowest BCUT2D eigenvalue weighted by Gasteiger charge is -2.35. The SMILES string of the molecule is COc1cccc(NC(=O)N[C@@H]2C[C@H]3CO[C@@H](c4ccccc4)CN3C2)c1. The summed E-state index contributed by atoms with van der Waals surface area (Å²) in [6, 6.07) is 18.0. The highest BCUT2D eigenvalue weighted by molar-refractivity contribution is 5.89. The molecule has 0 radical (unpaired) electrons. The molecule has 2 aromatic carbocycles. The Hall–Kier alpha value is -2.57. The highest BCUT2D eigenvalue weighted by atomic mass is 16.5. The number of benzene rings is 2. The lowest BCUT2D eigenvalue weighted by atomic mass is 10.1. The van der Waals surface area contributed by atoms with Gasteiger partial charge in [-0.1, -0.05) is 36.4 Å². The van der Waals surface area contributed by atoms with Crippen LogP contribution in [0, 0.1) is 0 Å². The molecule has 2 saturated heterocycles. The van der Waals surface area contributed by atoms with E-state index in [1.807, 2.05) is 36.4 Å². The fourth-order valence-corrected chi connectivity index (χ4v) is 3.90. The first-order valence-corrected chi connectivity index (χ1v) is 9.33. The van der Waals surface area contributed by atoms with E-state index in [2.05, 4.69) is 27.7 Å². The molecule has 2 aliphatic heterocycles. The number of anilines is 1. The third kappa shape index (κ3) is 4.23. The molecule has 0 bridgehead atoms. The fourth-order valence-electron chi connectivity index (χ4n) is 3.90. The van der Waals surface area contributed by atoms with E-state index in [9.17, 15) is 4.79 Å². The molecule has 0 saturated carbocycles. The molecule has 0 aromatic heterocycles. The first-order valence-electron chi connectivity index (χ1n) is 9.33. The summed E-state index contributed by atoms with van der Waals surface area (Å²) in [6.45, 7) is 2.42. The minimum absolute atomic E-state index is 0.104. The van der Waals surface area contributed by atoms with Crippen molar-refractivity contribution >= 4 is 11.7 Å². The lowest BCUT2D eigenvalue weighted by molar-refractivity contribution is -0.0502. The normalized spacial score (nSPS) is 24.9. The smallest absolute Gasteiger partial charge is 0.319 e. The molecule has 2 amide bonds. The van der Waals surface area contributed by atoms with Gasteiger partial charge in [0.1, 0.15) is 5.75 Å². The van der Waals surface area contributed by atoms with Crippen molar-refractivity contribution in [2.75, 3.05) is 32.1 Å². The van der Waals surface area contributed by atoms with E-state index in [-0.39, 0.29) is 18.2 Å². The Bertz CT molecular complexity index is 783. The number of hydrogen-bond acceptors (Lipinski definition) is 4. The summed E-state index contributed by atoms with van der Waals surface area (Å²) in [6.07, 6.45) is 1.01. The van der Waals surface area contributed by atoms with Gasteiger partial charge in [0.2, 0.25) is 0 Å². The van der Waals surface area contributed by atoms with Crippen LogP contribution in [-0.4, -0.2) is 49.8 Å². The van der Waals surface area contributed by atoms with Crippen molar-refractivity contribution in [3.63, 3.8) is 0 Å². The molecular formula is C21H25N3O3. The fraction of sp³-hybridized carbons (Fsp3) is 0.381. The Morgan fingerprint density at radius 1 is 1.15 bits per heavy atom. The molecule has 4 rings (SSSR count). The van der Waals surface area contributed by atoms with Gasteiger partial charge in [0.25, 0.3) is 0 Å². The number of amides is 2. The number of nitrogens with zero attached hydrogens (tertiary/aromatic N) is 1. The van der Waals surface area contributed by atoms with Crippen molar-refractivity contribution in [2.24, 2.45) is 0 Å². The zero-order valence-electron chi connectivity index (χ0n) is 15.4. The molecule has 2 fully saturated rings. The van der Waals surface area contributed by atoms with Crippen molar-refractivity contribution in [3.8, 4) is 5.75 Å². The summed E-state index contributed by atoms with van der Waals surface area (Å²) in [5.41, 5.74) is 1.93. The average molecular weight is 367 g/mol. The molecule has 3 atom stereocenters. The number of carbonyl (C=O) groups is 1. The Labute approximate surface area is 159 Å². The van der Waals surface area contributed by atoms with Crippen LogP contribution in [0.25, 0.3) is 0 Å². The van der Waals surface area contributed by atoms with Crippen LogP contribution < -0.4 is 15.4 Å². The van der Waals surface area contributed by atoms with Crippen LogP contribution in [0.4, 0.5) is 10.5 Å². The number of methoxy groups -OCH3 is 1. The van der Waals surface area contributed by atoms with E-state index in [1.165, 1.54) is 5.56 Å². The van der Waals surface area contributed by atoms with Gasteiger partial charge in [-0.25, -0.2) is 4.79 Å². The zero-order chi connectivity index (χ0) is 18.6. The minimum Gasteiger partial charge on any atom is -0.497 e. The van der Waals surface area contributed by atoms with E-state index in [0.29, 0.717) is 12.6 Å². The predicted octanol–water partition coefficient (Wildman–Crippen LogP) is 3.03. The Balaban J connectivity index is 1.31. The number of carbonyl (C=O) groups excluding carboxylic acids is 1. The largest absolute Gasteiger partial charge is 0.497 e. The second-order valence-electron chi connectivity index (χ2n) is 7.10. The van der Waals surface area contributed by atoms with E-state index >= 15 is 0 Å². The third-order valence-electron chi connectivity index (χ3n) is 5.25. The maximum Gasteiger partial charge on any atom is 0.319 e. The van der Waals surface area contributed by atoms with Gasteiger partial charge in [0, 0.05) is 36.9 Å². The van der Waals surface area contributed by atoms with Crippen molar-refractivity contribution in [2.45, 2.75) is 24.6 Å². The maximum atomic E-state index is 12.3. The second kappa shape index (κ2) is 7.98. The number of ether oxygens (including phenoxy) is 2. The third-order valence-corrected chi connectivity index (χ3v) is 5.25. The first-order chi connectivity index (χ1) is 13.2. The summed E-state index contributed by atoms with van der Waals surface area (Å²) in [4.78, 5) is 14.8. The quantitative estimate of drug-likeness (QED) is 0.872. The van der Waals surface area contributed by atoms with Crippen molar-refractivity contribution < 1.29 is 14.3 Å². The Morgan fingerprint density at radius 3 is 2.81 bits per heavy atom. The molecule has 2 N–H and O–H groups in total. The average Bonchev–Trinajstić information content (AvgIpc) is 3.10. The lowest BCUT2D eigenvalue weighted by Crippen LogP contribution is -2.43. The molecule has 0 spiro atoms. The standard InChI is InChI=1S/C21H25N3O3/c1-26-19-9-5-8-16(11-19)22-21(25)23-17-10-18-14-27-20(13-24(18)12-17)15-6-3-2-4-7-15/h2-9,11,17-18,20H,10,12-14H2,1H3,(H2,22,23,25)/t17-,18+,20-/m1/s1. The first kappa shape index (κ1) is 17.8. The Morgan fingerprint density at radius 2 is 2.00 bits per heavy atom. The molecule has 2 aromatic rings. The van der Waals surface area contributed by atoms with Crippen LogP contribution in [0.15, 0.2) is 54.6 Å². The van der Waals surface area contributed by atoms with E-state index in [4.69, 9.17) is 9.47 Å². The van der Waals surface area contributed by atoms with E-state index < -0.39 is 0 Å². The number of rotatable bonds is 4. The van der Waals surface area contributed by atoms with Gasteiger partial charge in [-0.2, -0.15) is 0 Å². The predicted molar refractivity (Wildman–Crippen MR) is 104 cm³/mol. The van der Waals surface area contributed by atoms with Gasteiger partial charge in [-0.15, -0.1) is 0 Å². The van der Waals surface area contributed by atoms with Crippen molar-refractivity contribution in [3.05, 3.63) is 60.2 Å².